The summed E-state index contributed by atoms with van der Waals surface area (Å²) in [5, 5.41) is 9.10. The van der Waals surface area contributed by atoms with Crippen molar-refractivity contribution in [2.75, 3.05) is 20.3 Å². The molecule has 2 aromatic rings. The van der Waals surface area contributed by atoms with Crippen LogP contribution in [-0.4, -0.2) is 48.1 Å². The van der Waals surface area contributed by atoms with E-state index >= 15 is 0 Å². The number of hydrogen-bond acceptors (Lipinski definition) is 5. The molecule has 0 fully saturated rings. The standard InChI is InChI=1S/C23H24F3NO6/c1-14(28)27(8-9-33-15(2)29)13-17-12-18(23(24,25)26)5-6-19(17)20-10-16(11-22(30)31)4-7-21(20)32-3/h4-7,10,12H,8-9,11,13H2,1-3H3,(H,30,31). The fraction of sp³-hybridized carbons (Fsp3) is 0.348. The van der Waals surface area contributed by atoms with Crippen molar-refractivity contribution in [3.63, 3.8) is 0 Å². The van der Waals surface area contributed by atoms with Crippen molar-refractivity contribution >= 4 is 17.8 Å². The maximum atomic E-state index is 13.4. The van der Waals surface area contributed by atoms with Crippen LogP contribution in [0.25, 0.3) is 11.1 Å². The summed E-state index contributed by atoms with van der Waals surface area (Å²) >= 11 is 0. The van der Waals surface area contributed by atoms with Gasteiger partial charge in [0.05, 0.1) is 25.6 Å². The van der Waals surface area contributed by atoms with Crippen LogP contribution in [0.1, 0.15) is 30.5 Å². The Labute approximate surface area is 188 Å². The first-order valence-electron chi connectivity index (χ1n) is 9.90. The third kappa shape index (κ3) is 7.23. The molecule has 33 heavy (non-hydrogen) atoms. The number of carboxylic acid groups (broad SMARTS) is 1. The largest absolute Gasteiger partial charge is 0.496 e. The van der Waals surface area contributed by atoms with Crippen LogP contribution in [0.5, 0.6) is 5.75 Å². The van der Waals surface area contributed by atoms with Crippen LogP contribution in [0, 0.1) is 0 Å². The average Bonchev–Trinajstić information content (AvgIpc) is 2.71. The molecule has 178 valence electrons. The molecule has 2 aromatic carbocycles. The van der Waals surface area contributed by atoms with E-state index in [0.29, 0.717) is 22.4 Å². The van der Waals surface area contributed by atoms with Crippen molar-refractivity contribution in [3.8, 4) is 16.9 Å². The van der Waals surface area contributed by atoms with E-state index in [1.165, 1.54) is 38.0 Å². The van der Waals surface area contributed by atoms with Gasteiger partial charge in [-0.15, -0.1) is 0 Å². The number of methoxy groups -OCH3 is 1. The maximum absolute atomic E-state index is 13.4. The molecule has 0 aliphatic heterocycles. The number of ether oxygens (including phenoxy) is 2. The molecule has 0 atom stereocenters. The van der Waals surface area contributed by atoms with Crippen molar-refractivity contribution in [2.45, 2.75) is 33.0 Å². The lowest BCUT2D eigenvalue weighted by Gasteiger charge is -2.24. The molecule has 0 heterocycles. The van der Waals surface area contributed by atoms with E-state index in [2.05, 4.69) is 0 Å². The monoisotopic (exact) mass is 467 g/mol. The average molecular weight is 467 g/mol. The quantitative estimate of drug-likeness (QED) is 0.562. The van der Waals surface area contributed by atoms with Gasteiger partial charge in [-0.3, -0.25) is 14.4 Å². The molecular formula is C23H24F3NO6. The molecule has 10 heteroatoms. The van der Waals surface area contributed by atoms with Crippen LogP contribution in [0.2, 0.25) is 0 Å². The third-order valence-electron chi connectivity index (χ3n) is 4.82. The zero-order valence-electron chi connectivity index (χ0n) is 18.4. The number of benzene rings is 2. The summed E-state index contributed by atoms with van der Waals surface area (Å²) in [6, 6.07) is 7.76. The molecule has 0 saturated carbocycles. The van der Waals surface area contributed by atoms with Gasteiger partial charge in [-0.05, 0) is 41.0 Å². The zero-order chi connectivity index (χ0) is 24.8. The van der Waals surface area contributed by atoms with Gasteiger partial charge in [-0.1, -0.05) is 12.1 Å². The predicted octanol–water partition coefficient (Wildman–Crippen LogP) is 3.92. The van der Waals surface area contributed by atoms with Crippen LogP contribution >= 0.6 is 0 Å². The number of carboxylic acids is 1. The summed E-state index contributed by atoms with van der Waals surface area (Å²) in [5.41, 5.74) is 0.454. The Morgan fingerprint density at radius 1 is 1.03 bits per heavy atom. The molecule has 0 aliphatic rings. The summed E-state index contributed by atoms with van der Waals surface area (Å²) in [6.45, 7) is 2.15. The number of alkyl halides is 3. The summed E-state index contributed by atoms with van der Waals surface area (Å²) in [6.07, 6.45) is -4.89. The van der Waals surface area contributed by atoms with Gasteiger partial charge in [0.25, 0.3) is 0 Å². The molecule has 1 amide bonds. The zero-order valence-corrected chi connectivity index (χ0v) is 18.4. The molecule has 0 radical (unpaired) electrons. The van der Waals surface area contributed by atoms with Gasteiger partial charge >= 0.3 is 18.1 Å². The minimum absolute atomic E-state index is 0.0131. The Morgan fingerprint density at radius 2 is 1.73 bits per heavy atom. The molecule has 0 spiro atoms. The van der Waals surface area contributed by atoms with E-state index in [-0.39, 0.29) is 31.7 Å². The van der Waals surface area contributed by atoms with Gasteiger partial charge < -0.3 is 19.5 Å². The Kier molecular flexibility index (Phi) is 8.44. The van der Waals surface area contributed by atoms with Crippen LogP contribution in [-0.2, 0) is 38.3 Å². The van der Waals surface area contributed by atoms with E-state index < -0.39 is 29.6 Å². The van der Waals surface area contributed by atoms with E-state index in [1.807, 2.05) is 0 Å². The molecular weight excluding hydrogens is 443 g/mol. The lowest BCUT2D eigenvalue weighted by Crippen LogP contribution is -2.32. The van der Waals surface area contributed by atoms with Gasteiger partial charge in [-0.2, -0.15) is 13.2 Å². The Morgan fingerprint density at radius 3 is 2.27 bits per heavy atom. The molecule has 0 aromatic heterocycles. The molecule has 0 bridgehead atoms. The second-order valence-corrected chi connectivity index (χ2v) is 7.26. The molecule has 7 nitrogen and oxygen atoms in total. The number of esters is 1. The number of aliphatic carboxylic acids is 1. The number of amides is 1. The van der Waals surface area contributed by atoms with Gasteiger partial charge in [0, 0.05) is 26.0 Å². The van der Waals surface area contributed by atoms with Gasteiger partial charge in [0.15, 0.2) is 0 Å². The Balaban J connectivity index is 2.58. The third-order valence-corrected chi connectivity index (χ3v) is 4.82. The van der Waals surface area contributed by atoms with Crippen molar-refractivity contribution in [2.24, 2.45) is 0 Å². The van der Waals surface area contributed by atoms with E-state index in [4.69, 9.17) is 14.6 Å². The van der Waals surface area contributed by atoms with E-state index in [0.717, 1.165) is 12.1 Å². The first-order valence-corrected chi connectivity index (χ1v) is 9.90. The number of halogens is 3. The predicted molar refractivity (Wildman–Crippen MR) is 112 cm³/mol. The molecule has 1 N–H and O–H groups in total. The maximum Gasteiger partial charge on any atom is 0.416 e. The van der Waals surface area contributed by atoms with Crippen molar-refractivity contribution in [1.29, 1.82) is 0 Å². The van der Waals surface area contributed by atoms with Crippen molar-refractivity contribution < 1.29 is 42.1 Å². The highest BCUT2D eigenvalue weighted by Gasteiger charge is 2.31. The number of hydrogen-bond donors (Lipinski definition) is 1. The fourth-order valence-electron chi connectivity index (χ4n) is 3.27. The lowest BCUT2D eigenvalue weighted by atomic mass is 9.94. The number of nitrogens with zero attached hydrogens (tertiary/aromatic N) is 1. The van der Waals surface area contributed by atoms with Crippen LogP contribution < -0.4 is 4.74 Å². The Hall–Kier alpha value is -3.56. The summed E-state index contributed by atoms with van der Waals surface area (Å²) in [7, 11) is 1.39. The second kappa shape index (κ2) is 10.8. The number of carbonyl (C=O) groups excluding carboxylic acids is 2. The smallest absolute Gasteiger partial charge is 0.416 e. The number of rotatable bonds is 9. The minimum atomic E-state index is -4.61. The van der Waals surface area contributed by atoms with Gasteiger partial charge in [0.2, 0.25) is 5.91 Å². The SMILES string of the molecule is COc1ccc(CC(=O)O)cc1-c1ccc(C(F)(F)F)cc1CN(CCOC(C)=O)C(C)=O. The van der Waals surface area contributed by atoms with Crippen LogP contribution in [0.3, 0.4) is 0 Å². The minimum Gasteiger partial charge on any atom is -0.496 e. The second-order valence-electron chi connectivity index (χ2n) is 7.26. The normalized spacial score (nSPS) is 11.1. The summed E-state index contributed by atoms with van der Waals surface area (Å²) in [4.78, 5) is 35.5. The summed E-state index contributed by atoms with van der Waals surface area (Å²) < 4.78 is 50.4. The molecule has 0 saturated heterocycles. The van der Waals surface area contributed by atoms with Crippen molar-refractivity contribution in [3.05, 3.63) is 53.1 Å². The van der Waals surface area contributed by atoms with Crippen LogP contribution in [0.15, 0.2) is 36.4 Å². The lowest BCUT2D eigenvalue weighted by molar-refractivity contribution is -0.143. The molecule has 0 unspecified atom stereocenters. The van der Waals surface area contributed by atoms with Crippen LogP contribution in [0.4, 0.5) is 13.2 Å². The van der Waals surface area contributed by atoms with Crippen molar-refractivity contribution in [1.82, 2.24) is 4.90 Å². The number of carbonyl (C=O) groups is 3. The first-order chi connectivity index (χ1) is 15.4. The van der Waals surface area contributed by atoms with E-state index in [9.17, 15) is 27.6 Å². The molecule has 0 aliphatic carbocycles. The summed E-state index contributed by atoms with van der Waals surface area (Å²) in [5.74, 6) is -1.69. The topological polar surface area (TPSA) is 93.1 Å². The highest BCUT2D eigenvalue weighted by molar-refractivity contribution is 5.78. The van der Waals surface area contributed by atoms with Gasteiger partial charge in [0.1, 0.15) is 12.4 Å². The van der Waals surface area contributed by atoms with E-state index in [1.54, 1.807) is 12.1 Å². The highest BCUT2D eigenvalue weighted by Crippen LogP contribution is 2.38. The fourth-order valence-corrected chi connectivity index (χ4v) is 3.27. The highest BCUT2D eigenvalue weighted by atomic mass is 19.4. The Bertz CT molecular complexity index is 1040. The first kappa shape index (κ1) is 25.7. The van der Waals surface area contributed by atoms with Gasteiger partial charge in [-0.25, -0.2) is 0 Å². The molecule has 2 rings (SSSR count).